The SMILES string of the molecule is C=C1c2ccccc2C(C)N(S(=O)(=O)c2ccc(C)cc2)C1N1CCc2ccccc2C1. The van der Waals surface area contributed by atoms with Crippen molar-refractivity contribution in [2.24, 2.45) is 0 Å². The molecule has 2 atom stereocenters. The zero-order chi connectivity index (χ0) is 22.5. The summed E-state index contributed by atoms with van der Waals surface area (Å²) in [7, 11) is -3.75. The Balaban J connectivity index is 1.64. The van der Waals surface area contributed by atoms with E-state index in [-0.39, 0.29) is 6.04 Å². The lowest BCUT2D eigenvalue weighted by Gasteiger charge is -2.48. The lowest BCUT2D eigenvalue weighted by atomic mass is 9.88. The number of hydrogen-bond donors (Lipinski definition) is 0. The number of benzene rings is 3. The molecular weight excluding hydrogens is 416 g/mol. The van der Waals surface area contributed by atoms with Crippen LogP contribution in [0.5, 0.6) is 0 Å². The molecule has 0 radical (unpaired) electrons. The van der Waals surface area contributed by atoms with Gasteiger partial charge >= 0.3 is 0 Å². The van der Waals surface area contributed by atoms with Gasteiger partial charge in [0.2, 0.25) is 10.0 Å². The second-order valence-electron chi connectivity index (χ2n) is 8.80. The largest absolute Gasteiger partial charge is 0.279 e. The minimum Gasteiger partial charge on any atom is -0.279 e. The van der Waals surface area contributed by atoms with Crippen molar-refractivity contribution >= 4 is 15.6 Å². The molecule has 3 aromatic rings. The molecule has 0 aliphatic carbocycles. The predicted molar refractivity (Wildman–Crippen MR) is 128 cm³/mol. The van der Waals surface area contributed by atoms with Crippen LogP contribution < -0.4 is 0 Å². The van der Waals surface area contributed by atoms with Gasteiger partial charge in [-0.05, 0) is 60.2 Å². The Bertz CT molecular complexity index is 1280. The number of rotatable bonds is 3. The van der Waals surface area contributed by atoms with Crippen molar-refractivity contribution in [3.05, 3.63) is 107 Å². The van der Waals surface area contributed by atoms with Gasteiger partial charge in [0.1, 0.15) is 6.17 Å². The highest BCUT2D eigenvalue weighted by molar-refractivity contribution is 7.89. The summed E-state index contributed by atoms with van der Waals surface area (Å²) >= 11 is 0. The van der Waals surface area contributed by atoms with Crippen molar-refractivity contribution in [1.82, 2.24) is 9.21 Å². The van der Waals surface area contributed by atoms with E-state index in [2.05, 4.69) is 41.8 Å². The van der Waals surface area contributed by atoms with E-state index in [0.29, 0.717) is 11.4 Å². The molecule has 0 amide bonds. The van der Waals surface area contributed by atoms with Gasteiger partial charge in [0.15, 0.2) is 0 Å². The van der Waals surface area contributed by atoms with E-state index in [4.69, 9.17) is 0 Å². The van der Waals surface area contributed by atoms with Crippen molar-refractivity contribution in [2.45, 2.75) is 43.9 Å². The zero-order valence-electron chi connectivity index (χ0n) is 18.5. The fourth-order valence-corrected chi connectivity index (χ4v) is 6.85. The molecule has 5 heteroatoms. The number of fused-ring (bicyclic) bond motifs is 2. The van der Waals surface area contributed by atoms with E-state index in [1.54, 1.807) is 16.4 Å². The number of hydrogen-bond acceptors (Lipinski definition) is 3. The van der Waals surface area contributed by atoms with Crippen molar-refractivity contribution in [3.63, 3.8) is 0 Å². The van der Waals surface area contributed by atoms with Crippen LogP contribution in [0, 0.1) is 6.92 Å². The van der Waals surface area contributed by atoms with Crippen LogP contribution in [0.2, 0.25) is 0 Å². The summed E-state index contributed by atoms with van der Waals surface area (Å²) in [4.78, 5) is 2.59. The van der Waals surface area contributed by atoms with E-state index < -0.39 is 16.2 Å². The molecule has 2 heterocycles. The van der Waals surface area contributed by atoms with Gasteiger partial charge in [0.05, 0.1) is 4.90 Å². The first-order valence-corrected chi connectivity index (χ1v) is 12.5. The lowest BCUT2D eigenvalue weighted by molar-refractivity contribution is 0.102. The Hall–Kier alpha value is -2.73. The van der Waals surface area contributed by atoms with E-state index in [0.717, 1.165) is 35.2 Å². The van der Waals surface area contributed by atoms with Gasteiger partial charge in [-0.3, -0.25) is 4.90 Å². The maximum Gasteiger partial charge on any atom is 0.245 e. The Morgan fingerprint density at radius 2 is 1.56 bits per heavy atom. The molecule has 0 saturated carbocycles. The van der Waals surface area contributed by atoms with Crippen LogP contribution in [0.4, 0.5) is 0 Å². The molecule has 2 aliphatic rings. The number of sulfonamides is 1. The first kappa shape index (κ1) is 21.1. The van der Waals surface area contributed by atoms with Crippen LogP contribution in [-0.2, 0) is 23.0 Å². The topological polar surface area (TPSA) is 40.6 Å². The summed E-state index contributed by atoms with van der Waals surface area (Å²) in [6.45, 7) is 9.87. The normalized spacial score (nSPS) is 21.8. The van der Waals surface area contributed by atoms with Gasteiger partial charge in [0, 0.05) is 19.1 Å². The minimum absolute atomic E-state index is 0.301. The number of aryl methyl sites for hydroxylation is 1. The van der Waals surface area contributed by atoms with E-state index in [1.165, 1.54) is 11.1 Å². The summed E-state index contributed by atoms with van der Waals surface area (Å²) in [5, 5.41) is 0. The van der Waals surface area contributed by atoms with Crippen molar-refractivity contribution in [1.29, 1.82) is 0 Å². The molecular formula is C27H28N2O2S. The molecule has 2 aliphatic heterocycles. The molecule has 164 valence electrons. The molecule has 0 aromatic heterocycles. The molecule has 0 bridgehead atoms. The Kier molecular flexibility index (Phi) is 5.28. The van der Waals surface area contributed by atoms with Crippen molar-refractivity contribution in [2.75, 3.05) is 6.54 Å². The maximum absolute atomic E-state index is 14.0. The van der Waals surface area contributed by atoms with Crippen molar-refractivity contribution in [3.8, 4) is 0 Å². The van der Waals surface area contributed by atoms with Gasteiger partial charge in [-0.25, -0.2) is 8.42 Å². The highest BCUT2D eigenvalue weighted by Gasteiger charge is 2.45. The smallest absolute Gasteiger partial charge is 0.245 e. The highest BCUT2D eigenvalue weighted by atomic mass is 32.2. The minimum atomic E-state index is -3.75. The molecule has 5 rings (SSSR count). The monoisotopic (exact) mass is 444 g/mol. The molecule has 32 heavy (non-hydrogen) atoms. The Labute approximate surface area is 190 Å². The van der Waals surface area contributed by atoms with Gasteiger partial charge in [-0.15, -0.1) is 0 Å². The van der Waals surface area contributed by atoms with Gasteiger partial charge < -0.3 is 0 Å². The molecule has 2 unspecified atom stereocenters. The van der Waals surface area contributed by atoms with Crippen LogP contribution in [0.1, 0.15) is 40.8 Å². The van der Waals surface area contributed by atoms with Crippen LogP contribution in [0.15, 0.2) is 84.3 Å². The van der Waals surface area contributed by atoms with Gasteiger partial charge in [-0.2, -0.15) is 4.31 Å². The zero-order valence-corrected chi connectivity index (χ0v) is 19.3. The maximum atomic E-state index is 14.0. The predicted octanol–water partition coefficient (Wildman–Crippen LogP) is 5.16. The lowest BCUT2D eigenvalue weighted by Crippen LogP contribution is -2.55. The fraction of sp³-hybridized carbons (Fsp3) is 0.259. The van der Waals surface area contributed by atoms with E-state index in [9.17, 15) is 8.42 Å². The van der Waals surface area contributed by atoms with Crippen LogP contribution in [0.25, 0.3) is 5.57 Å². The molecule has 0 spiro atoms. The van der Waals surface area contributed by atoms with Crippen LogP contribution >= 0.6 is 0 Å². The first-order valence-electron chi connectivity index (χ1n) is 11.1. The van der Waals surface area contributed by atoms with E-state index >= 15 is 0 Å². The third kappa shape index (κ3) is 3.41. The summed E-state index contributed by atoms with van der Waals surface area (Å²) in [5.74, 6) is 0. The molecule has 0 N–H and O–H groups in total. The Morgan fingerprint density at radius 1 is 0.906 bits per heavy atom. The highest BCUT2D eigenvalue weighted by Crippen LogP contribution is 2.44. The molecule has 0 saturated heterocycles. The molecule has 3 aromatic carbocycles. The third-order valence-corrected chi connectivity index (χ3v) is 8.73. The second-order valence-corrected chi connectivity index (χ2v) is 10.6. The standard InChI is InChI=1S/C27H28N2O2S/c1-19-12-14-24(15-13-19)32(30,31)29-21(3)26-11-7-6-10-25(26)20(2)27(29)28-17-16-22-8-4-5-9-23(22)18-28/h4-15,21,27H,2,16-18H2,1,3H3. The van der Waals surface area contributed by atoms with Gasteiger partial charge in [-0.1, -0.05) is 72.8 Å². The Morgan fingerprint density at radius 3 is 2.31 bits per heavy atom. The number of nitrogens with zero attached hydrogens (tertiary/aromatic N) is 2. The average molecular weight is 445 g/mol. The molecule has 0 fully saturated rings. The fourth-order valence-electron chi connectivity index (χ4n) is 5.07. The average Bonchev–Trinajstić information content (AvgIpc) is 2.81. The summed E-state index contributed by atoms with van der Waals surface area (Å²) in [6, 6.07) is 23.3. The van der Waals surface area contributed by atoms with Crippen molar-refractivity contribution < 1.29 is 8.42 Å². The summed E-state index contributed by atoms with van der Waals surface area (Å²) in [6.07, 6.45) is 0.466. The van der Waals surface area contributed by atoms with Crippen LogP contribution in [0.3, 0.4) is 0 Å². The van der Waals surface area contributed by atoms with Crippen LogP contribution in [-0.4, -0.2) is 30.3 Å². The second kappa shape index (κ2) is 8.00. The quantitative estimate of drug-likeness (QED) is 0.560. The third-order valence-electron chi connectivity index (χ3n) is 6.79. The summed E-state index contributed by atoms with van der Waals surface area (Å²) in [5.41, 5.74) is 6.53. The van der Waals surface area contributed by atoms with E-state index in [1.807, 2.05) is 44.2 Å². The van der Waals surface area contributed by atoms with Gasteiger partial charge in [0.25, 0.3) is 0 Å². The molecule has 4 nitrogen and oxygen atoms in total. The summed E-state index contributed by atoms with van der Waals surface area (Å²) < 4.78 is 29.7. The first-order chi connectivity index (χ1) is 15.4.